The van der Waals surface area contributed by atoms with E-state index >= 15 is 0 Å². The number of unbranched alkanes of at least 4 members (excludes halogenated alkanes) is 1. The van der Waals surface area contributed by atoms with E-state index in [-0.39, 0.29) is 0 Å². The van der Waals surface area contributed by atoms with Crippen molar-refractivity contribution in [1.82, 2.24) is 34.8 Å². The number of nitrogens with one attached hydrogen (secondary N) is 3. The molecule has 0 amide bonds. The van der Waals surface area contributed by atoms with Crippen LogP contribution in [-0.4, -0.2) is 55.8 Å². The zero-order valence-electron chi connectivity index (χ0n) is 20.9. The van der Waals surface area contributed by atoms with E-state index in [0.717, 1.165) is 58.9 Å². The molecule has 0 saturated carbocycles. The molecule has 2 aromatic carbocycles. The first-order valence-electron chi connectivity index (χ1n) is 12.4. The van der Waals surface area contributed by atoms with E-state index in [2.05, 4.69) is 31.0 Å². The zero-order valence-corrected chi connectivity index (χ0v) is 20.9. The molecule has 0 aliphatic heterocycles. The number of alkyl halides is 3. The first-order chi connectivity index (χ1) is 18.4. The Balaban J connectivity index is 1.00. The predicted octanol–water partition coefficient (Wildman–Crippen LogP) is 4.65. The van der Waals surface area contributed by atoms with Crippen LogP contribution in [0.3, 0.4) is 0 Å². The number of hydrogen-bond donors (Lipinski definition) is 3. The molecule has 0 aliphatic carbocycles. The van der Waals surface area contributed by atoms with Gasteiger partial charge >= 0.3 is 6.18 Å². The lowest BCUT2D eigenvalue weighted by molar-refractivity contribution is -0.137. The number of H-pyrrole nitrogens is 1. The number of benzene rings is 2. The van der Waals surface area contributed by atoms with Gasteiger partial charge in [0.2, 0.25) is 0 Å². The lowest BCUT2D eigenvalue weighted by Crippen LogP contribution is -2.17. The van der Waals surface area contributed by atoms with Crippen LogP contribution in [-0.2, 0) is 24.5 Å². The highest BCUT2D eigenvalue weighted by Gasteiger charge is 2.30. The summed E-state index contributed by atoms with van der Waals surface area (Å²) in [5.41, 5.74) is 3.91. The fourth-order valence-corrected chi connectivity index (χ4v) is 4.45. The summed E-state index contributed by atoms with van der Waals surface area (Å²) in [4.78, 5) is 0. The maximum Gasteiger partial charge on any atom is 0.416 e. The lowest BCUT2D eigenvalue weighted by atomic mass is 10.1. The van der Waals surface area contributed by atoms with Crippen molar-refractivity contribution in [2.45, 2.75) is 25.6 Å². The Bertz CT molecular complexity index is 1490. The third-order valence-corrected chi connectivity index (χ3v) is 6.49. The van der Waals surface area contributed by atoms with E-state index in [0.29, 0.717) is 31.7 Å². The second-order valence-electron chi connectivity index (χ2n) is 9.08. The maximum atomic E-state index is 13.0. The van der Waals surface area contributed by atoms with E-state index < -0.39 is 11.7 Å². The second-order valence-corrected chi connectivity index (χ2v) is 9.08. The van der Waals surface area contributed by atoms with Crippen LogP contribution in [0, 0.1) is 0 Å². The molecule has 0 atom stereocenters. The Labute approximate surface area is 217 Å². The van der Waals surface area contributed by atoms with Gasteiger partial charge in [0.05, 0.1) is 29.6 Å². The van der Waals surface area contributed by atoms with Crippen LogP contribution >= 0.6 is 0 Å². The van der Waals surface area contributed by atoms with Crippen molar-refractivity contribution in [2.75, 3.05) is 31.6 Å². The summed E-state index contributed by atoms with van der Waals surface area (Å²) in [6.07, 6.45) is 2.59. The summed E-state index contributed by atoms with van der Waals surface area (Å²) < 4.78 is 48.5. The van der Waals surface area contributed by atoms with Gasteiger partial charge in [-0.15, -0.1) is 10.2 Å². The van der Waals surface area contributed by atoms with Gasteiger partial charge in [-0.25, -0.2) is 0 Å². The van der Waals surface area contributed by atoms with Crippen LogP contribution in [0.4, 0.5) is 18.9 Å². The van der Waals surface area contributed by atoms with Gasteiger partial charge in [-0.1, -0.05) is 0 Å². The van der Waals surface area contributed by atoms with E-state index in [9.17, 15) is 13.2 Å². The van der Waals surface area contributed by atoms with Crippen molar-refractivity contribution in [3.05, 3.63) is 66.5 Å². The lowest BCUT2D eigenvalue weighted by Gasteiger charge is -2.11. The van der Waals surface area contributed by atoms with Gasteiger partial charge in [0, 0.05) is 54.4 Å². The first-order valence-corrected chi connectivity index (χ1v) is 12.4. The highest BCUT2D eigenvalue weighted by molar-refractivity contribution is 5.93. The van der Waals surface area contributed by atoms with Crippen LogP contribution in [0.2, 0.25) is 0 Å². The Hall–Kier alpha value is -3.90. The van der Waals surface area contributed by atoms with E-state index in [1.165, 1.54) is 12.1 Å². The van der Waals surface area contributed by atoms with Crippen LogP contribution in [0.1, 0.15) is 24.1 Å². The maximum absolute atomic E-state index is 13.0. The molecule has 0 unspecified atom stereocenters. The Morgan fingerprint density at radius 2 is 1.84 bits per heavy atom. The van der Waals surface area contributed by atoms with Gasteiger partial charge < -0.3 is 19.9 Å². The SMILES string of the molecule is Cn1c(CNCCCCOCCNc2cc(-n3cnnc3)cc3[nH]ncc23)cc2cc(C(F)(F)F)ccc21. The van der Waals surface area contributed by atoms with Gasteiger partial charge in [0.1, 0.15) is 12.7 Å². The molecule has 3 N–H and O–H groups in total. The molecule has 200 valence electrons. The van der Waals surface area contributed by atoms with Crippen molar-refractivity contribution in [2.24, 2.45) is 7.05 Å². The average molecular weight is 527 g/mol. The van der Waals surface area contributed by atoms with Crippen molar-refractivity contribution in [3.63, 3.8) is 0 Å². The minimum atomic E-state index is -4.34. The molecule has 0 radical (unpaired) electrons. The smallest absolute Gasteiger partial charge is 0.382 e. The van der Waals surface area contributed by atoms with E-state index in [4.69, 9.17) is 4.74 Å². The number of fused-ring (bicyclic) bond motifs is 2. The molecular formula is C26H29F3N8O. The number of rotatable bonds is 12. The van der Waals surface area contributed by atoms with Crippen molar-refractivity contribution < 1.29 is 17.9 Å². The number of ether oxygens (including phenoxy) is 1. The molecule has 38 heavy (non-hydrogen) atoms. The second kappa shape index (κ2) is 11.2. The monoisotopic (exact) mass is 526 g/mol. The minimum absolute atomic E-state index is 0.569. The Kier molecular flexibility index (Phi) is 7.61. The van der Waals surface area contributed by atoms with Gasteiger partial charge in [0.15, 0.2) is 0 Å². The Morgan fingerprint density at radius 1 is 1.00 bits per heavy atom. The fraction of sp³-hybridized carbons (Fsp3) is 0.346. The fourth-order valence-electron chi connectivity index (χ4n) is 4.45. The van der Waals surface area contributed by atoms with E-state index in [1.807, 2.05) is 34.4 Å². The van der Waals surface area contributed by atoms with Gasteiger partial charge in [-0.05, 0) is 55.8 Å². The molecule has 5 aromatic rings. The Morgan fingerprint density at radius 3 is 2.66 bits per heavy atom. The topological polar surface area (TPSA) is 97.6 Å². The molecule has 0 bridgehead atoms. The molecular weight excluding hydrogens is 497 g/mol. The normalized spacial score (nSPS) is 12.1. The quantitative estimate of drug-likeness (QED) is 0.205. The highest BCUT2D eigenvalue weighted by atomic mass is 19.4. The average Bonchev–Trinajstić information content (AvgIpc) is 3.65. The molecule has 0 spiro atoms. The van der Waals surface area contributed by atoms with Crippen LogP contribution in [0.15, 0.2) is 55.2 Å². The summed E-state index contributed by atoms with van der Waals surface area (Å²) in [5.74, 6) is 0. The predicted molar refractivity (Wildman–Crippen MR) is 139 cm³/mol. The zero-order chi connectivity index (χ0) is 26.5. The molecule has 5 rings (SSSR count). The van der Waals surface area contributed by atoms with Crippen LogP contribution < -0.4 is 10.6 Å². The summed E-state index contributed by atoms with van der Waals surface area (Å²) in [6.45, 7) is 3.26. The van der Waals surface area contributed by atoms with Crippen LogP contribution in [0.5, 0.6) is 0 Å². The summed E-state index contributed by atoms with van der Waals surface area (Å²) in [7, 11) is 1.87. The van der Waals surface area contributed by atoms with Gasteiger partial charge in [-0.3, -0.25) is 9.67 Å². The highest BCUT2D eigenvalue weighted by Crippen LogP contribution is 2.32. The number of aromatic nitrogens is 6. The van der Waals surface area contributed by atoms with E-state index in [1.54, 1.807) is 18.9 Å². The van der Waals surface area contributed by atoms with Gasteiger partial charge in [-0.2, -0.15) is 18.3 Å². The number of aromatic amines is 1. The summed E-state index contributed by atoms with van der Waals surface area (Å²) in [5, 5.41) is 23.3. The summed E-state index contributed by atoms with van der Waals surface area (Å²) >= 11 is 0. The third-order valence-electron chi connectivity index (χ3n) is 6.49. The molecule has 9 nitrogen and oxygen atoms in total. The third kappa shape index (κ3) is 5.81. The van der Waals surface area contributed by atoms with Crippen molar-refractivity contribution >= 4 is 27.5 Å². The summed E-state index contributed by atoms with van der Waals surface area (Å²) in [6, 6.07) is 9.69. The minimum Gasteiger partial charge on any atom is -0.382 e. The molecule has 0 saturated heterocycles. The van der Waals surface area contributed by atoms with Gasteiger partial charge in [0.25, 0.3) is 0 Å². The molecule has 0 fully saturated rings. The molecule has 3 heterocycles. The van der Waals surface area contributed by atoms with Crippen molar-refractivity contribution in [3.8, 4) is 5.69 Å². The largest absolute Gasteiger partial charge is 0.416 e. The first kappa shape index (κ1) is 25.7. The standard InChI is InChI=1S/C26H29F3N8O/c1-36-21(11-18-10-19(26(27,28)29)4-5-25(18)36)14-30-6-2-3-8-38-9-7-31-23-12-20(37-16-33-34-17-37)13-24-22(23)15-32-35-24/h4-5,10-13,15-17,30-31H,2-3,6-9,14H2,1H3,(H,32,35). The van der Waals surface area contributed by atoms with Crippen molar-refractivity contribution in [1.29, 1.82) is 0 Å². The molecule has 3 aromatic heterocycles. The molecule has 0 aliphatic rings. The number of halogens is 3. The molecule has 12 heteroatoms. The number of hydrogen-bond acceptors (Lipinski definition) is 6. The number of aryl methyl sites for hydroxylation is 1. The number of nitrogens with zero attached hydrogens (tertiary/aromatic N) is 5. The number of anilines is 1. The van der Waals surface area contributed by atoms with Crippen LogP contribution in [0.25, 0.3) is 27.5 Å².